The highest BCUT2D eigenvalue weighted by molar-refractivity contribution is 5.96. The Hall–Kier alpha value is -3.21. The maximum absolute atomic E-state index is 11.9. The SMILES string of the molecule is Cc1ccc(N2CCCC2=O)cc1NC=C(C#N)c1nn[nH]n1. The van der Waals surface area contributed by atoms with Gasteiger partial charge in [-0.1, -0.05) is 6.07 Å². The number of carbonyl (C=O) groups is 1. The average molecular weight is 309 g/mol. The van der Waals surface area contributed by atoms with E-state index in [-0.39, 0.29) is 17.3 Å². The monoisotopic (exact) mass is 309 g/mol. The summed E-state index contributed by atoms with van der Waals surface area (Å²) in [5.41, 5.74) is 2.94. The van der Waals surface area contributed by atoms with E-state index in [9.17, 15) is 10.1 Å². The van der Waals surface area contributed by atoms with Crippen LogP contribution in [0.15, 0.2) is 24.4 Å². The lowest BCUT2D eigenvalue weighted by Crippen LogP contribution is -2.23. The van der Waals surface area contributed by atoms with E-state index in [1.807, 2.05) is 31.2 Å². The minimum Gasteiger partial charge on any atom is -0.360 e. The van der Waals surface area contributed by atoms with Crippen LogP contribution in [-0.4, -0.2) is 33.1 Å². The Morgan fingerprint density at radius 3 is 3.04 bits per heavy atom. The van der Waals surface area contributed by atoms with Crippen molar-refractivity contribution in [1.82, 2.24) is 20.6 Å². The zero-order chi connectivity index (χ0) is 16.2. The Balaban J connectivity index is 1.85. The van der Waals surface area contributed by atoms with E-state index in [2.05, 4.69) is 25.9 Å². The number of aromatic nitrogens is 4. The second-order valence-electron chi connectivity index (χ2n) is 5.20. The summed E-state index contributed by atoms with van der Waals surface area (Å²) in [7, 11) is 0. The molecule has 1 fully saturated rings. The highest BCUT2D eigenvalue weighted by atomic mass is 16.2. The molecule has 2 aromatic rings. The van der Waals surface area contributed by atoms with Crippen molar-refractivity contribution in [2.24, 2.45) is 0 Å². The molecule has 0 unspecified atom stereocenters. The van der Waals surface area contributed by atoms with E-state index in [1.54, 1.807) is 4.90 Å². The van der Waals surface area contributed by atoms with Crippen LogP contribution in [0.5, 0.6) is 0 Å². The molecule has 0 aliphatic carbocycles. The number of benzene rings is 1. The van der Waals surface area contributed by atoms with Gasteiger partial charge in [0.15, 0.2) is 0 Å². The van der Waals surface area contributed by atoms with Crippen molar-refractivity contribution in [3.63, 3.8) is 0 Å². The van der Waals surface area contributed by atoms with Crippen molar-refractivity contribution < 1.29 is 4.79 Å². The van der Waals surface area contributed by atoms with Gasteiger partial charge < -0.3 is 10.2 Å². The van der Waals surface area contributed by atoms with Gasteiger partial charge in [-0.25, -0.2) is 0 Å². The predicted molar refractivity (Wildman–Crippen MR) is 84.2 cm³/mol. The van der Waals surface area contributed by atoms with Crippen molar-refractivity contribution in [3.05, 3.63) is 35.8 Å². The summed E-state index contributed by atoms with van der Waals surface area (Å²) < 4.78 is 0. The maximum Gasteiger partial charge on any atom is 0.227 e. The minimum absolute atomic E-state index is 0.139. The number of amides is 1. The number of tetrazole rings is 1. The zero-order valence-corrected chi connectivity index (χ0v) is 12.6. The molecule has 2 N–H and O–H groups in total. The van der Waals surface area contributed by atoms with Crippen LogP contribution in [0, 0.1) is 18.3 Å². The number of aryl methyl sites for hydroxylation is 1. The summed E-state index contributed by atoms with van der Waals surface area (Å²) in [5, 5.41) is 25.6. The van der Waals surface area contributed by atoms with Gasteiger partial charge in [0.05, 0.1) is 0 Å². The second-order valence-corrected chi connectivity index (χ2v) is 5.20. The van der Waals surface area contributed by atoms with Crippen molar-refractivity contribution >= 4 is 22.9 Å². The standard InChI is InChI=1S/C15H15N7O/c1-10-4-5-12(22-6-2-3-14(22)23)7-13(10)17-9-11(8-16)15-18-20-21-19-15/h4-5,7,9,17H,2-3,6H2,1H3,(H,18,19,20,21). The Kier molecular flexibility index (Phi) is 4.01. The average Bonchev–Trinajstić information content (AvgIpc) is 3.21. The fourth-order valence-corrected chi connectivity index (χ4v) is 2.43. The van der Waals surface area contributed by atoms with Crippen LogP contribution < -0.4 is 10.2 Å². The summed E-state index contributed by atoms with van der Waals surface area (Å²) >= 11 is 0. The number of carbonyl (C=O) groups excluding carboxylic acids is 1. The number of allylic oxidation sites excluding steroid dienone is 1. The third kappa shape index (κ3) is 3.03. The van der Waals surface area contributed by atoms with Gasteiger partial charge in [-0.2, -0.15) is 10.5 Å². The summed E-state index contributed by atoms with van der Waals surface area (Å²) in [4.78, 5) is 13.6. The molecule has 3 rings (SSSR count). The number of hydrogen-bond acceptors (Lipinski definition) is 6. The lowest BCUT2D eigenvalue weighted by molar-refractivity contribution is -0.117. The molecule has 1 amide bonds. The number of anilines is 2. The number of H-pyrrole nitrogens is 1. The second kappa shape index (κ2) is 6.27. The Morgan fingerprint density at radius 1 is 1.52 bits per heavy atom. The molecule has 0 radical (unpaired) electrons. The van der Waals surface area contributed by atoms with Gasteiger partial charge in [-0.15, -0.1) is 10.2 Å². The number of nitrogens with zero attached hydrogens (tertiary/aromatic N) is 5. The van der Waals surface area contributed by atoms with E-state index in [0.717, 1.165) is 29.9 Å². The van der Waals surface area contributed by atoms with Gasteiger partial charge in [0.2, 0.25) is 11.7 Å². The fourth-order valence-electron chi connectivity index (χ4n) is 2.43. The van der Waals surface area contributed by atoms with E-state index < -0.39 is 0 Å². The molecule has 1 aromatic heterocycles. The molecule has 0 bridgehead atoms. The van der Waals surface area contributed by atoms with Gasteiger partial charge >= 0.3 is 0 Å². The smallest absolute Gasteiger partial charge is 0.227 e. The molecule has 116 valence electrons. The molecule has 1 saturated heterocycles. The molecule has 0 atom stereocenters. The number of nitriles is 1. The molecule has 23 heavy (non-hydrogen) atoms. The number of rotatable bonds is 4. The van der Waals surface area contributed by atoms with Crippen LogP contribution in [-0.2, 0) is 4.79 Å². The Bertz CT molecular complexity index is 789. The lowest BCUT2D eigenvalue weighted by atomic mass is 10.1. The Labute approximate surface area is 132 Å². The normalized spacial score (nSPS) is 14.9. The quantitative estimate of drug-likeness (QED) is 0.830. The van der Waals surface area contributed by atoms with Gasteiger partial charge in [0, 0.05) is 30.5 Å². The van der Waals surface area contributed by atoms with E-state index in [4.69, 9.17) is 0 Å². The first-order chi connectivity index (χ1) is 11.2. The van der Waals surface area contributed by atoms with Gasteiger partial charge in [0.25, 0.3) is 0 Å². The molecule has 2 heterocycles. The minimum atomic E-state index is 0.139. The van der Waals surface area contributed by atoms with E-state index in [0.29, 0.717) is 6.42 Å². The van der Waals surface area contributed by atoms with Crippen LogP contribution in [0.2, 0.25) is 0 Å². The van der Waals surface area contributed by atoms with E-state index in [1.165, 1.54) is 6.20 Å². The van der Waals surface area contributed by atoms with Crippen molar-refractivity contribution in [1.29, 1.82) is 5.26 Å². The highest BCUT2D eigenvalue weighted by Gasteiger charge is 2.22. The topological polar surface area (TPSA) is 111 Å². The number of nitrogens with one attached hydrogen (secondary N) is 2. The molecule has 1 aliphatic rings. The van der Waals surface area contributed by atoms with Crippen molar-refractivity contribution in [2.45, 2.75) is 19.8 Å². The molecule has 0 spiro atoms. The molecule has 8 nitrogen and oxygen atoms in total. The lowest BCUT2D eigenvalue weighted by Gasteiger charge is -2.17. The molecular formula is C15H15N7O. The first-order valence-electron chi connectivity index (χ1n) is 7.20. The highest BCUT2D eigenvalue weighted by Crippen LogP contribution is 2.27. The third-order valence-corrected chi connectivity index (χ3v) is 3.68. The zero-order valence-electron chi connectivity index (χ0n) is 12.6. The first kappa shape index (κ1) is 14.7. The van der Waals surface area contributed by atoms with Gasteiger partial charge in [-0.05, 0) is 36.3 Å². The number of aromatic amines is 1. The third-order valence-electron chi connectivity index (χ3n) is 3.68. The summed E-state index contributed by atoms with van der Waals surface area (Å²) in [5.74, 6) is 0.364. The first-order valence-corrected chi connectivity index (χ1v) is 7.20. The largest absolute Gasteiger partial charge is 0.360 e. The van der Waals surface area contributed by atoms with Gasteiger partial charge in [0.1, 0.15) is 11.6 Å². The summed E-state index contributed by atoms with van der Waals surface area (Å²) in [6.07, 6.45) is 3.00. The van der Waals surface area contributed by atoms with Crippen LogP contribution in [0.4, 0.5) is 11.4 Å². The van der Waals surface area contributed by atoms with E-state index >= 15 is 0 Å². The molecule has 8 heteroatoms. The molecular weight excluding hydrogens is 294 g/mol. The summed E-state index contributed by atoms with van der Waals surface area (Å²) in [6.45, 7) is 2.69. The molecule has 1 aliphatic heterocycles. The van der Waals surface area contributed by atoms with Crippen LogP contribution in [0.1, 0.15) is 24.2 Å². The predicted octanol–water partition coefficient (Wildman–Crippen LogP) is 1.61. The van der Waals surface area contributed by atoms with Crippen molar-refractivity contribution in [2.75, 3.05) is 16.8 Å². The molecule has 1 aromatic carbocycles. The molecule has 0 saturated carbocycles. The van der Waals surface area contributed by atoms with Crippen LogP contribution >= 0.6 is 0 Å². The Morgan fingerprint density at radius 2 is 2.39 bits per heavy atom. The maximum atomic E-state index is 11.9. The van der Waals surface area contributed by atoms with Crippen LogP contribution in [0.3, 0.4) is 0 Å². The fraction of sp³-hybridized carbons (Fsp3) is 0.267. The number of hydrogen-bond donors (Lipinski definition) is 2. The van der Waals surface area contributed by atoms with Gasteiger partial charge in [-0.3, -0.25) is 4.79 Å². The van der Waals surface area contributed by atoms with Crippen molar-refractivity contribution in [3.8, 4) is 6.07 Å². The van der Waals surface area contributed by atoms with Crippen LogP contribution in [0.25, 0.3) is 5.57 Å². The summed E-state index contributed by atoms with van der Waals surface area (Å²) in [6, 6.07) is 7.79.